The third-order valence-electron chi connectivity index (χ3n) is 3.01. The first-order valence-electron chi connectivity index (χ1n) is 6.42. The van der Waals surface area contributed by atoms with Crippen LogP contribution in [0.5, 0.6) is 0 Å². The molecule has 0 aromatic heterocycles. The average Bonchev–Trinajstić information content (AvgIpc) is 2.51. The Bertz CT molecular complexity index is 680. The Kier molecular flexibility index (Phi) is 4.81. The molecule has 0 heterocycles. The highest BCUT2D eigenvalue weighted by molar-refractivity contribution is 6.33. The lowest BCUT2D eigenvalue weighted by atomic mass is 10.1. The van der Waals surface area contributed by atoms with E-state index in [9.17, 15) is 4.79 Å². The summed E-state index contributed by atoms with van der Waals surface area (Å²) in [7, 11) is 0. The maximum atomic E-state index is 12.6. The summed E-state index contributed by atoms with van der Waals surface area (Å²) in [5, 5.41) is 9.11. The monoisotopic (exact) mass is 299 g/mol. The summed E-state index contributed by atoms with van der Waals surface area (Å²) >= 11 is 5.96. The second-order valence-electron chi connectivity index (χ2n) is 4.44. The number of carbonyl (C=O) groups is 1. The van der Waals surface area contributed by atoms with Crippen molar-refractivity contribution in [2.75, 3.05) is 17.2 Å². The molecule has 0 aliphatic carbocycles. The SMILES string of the molecule is N#CCCN(C(=O)c1ccc(N)c(Cl)c1)c1ccccc1. The highest BCUT2D eigenvalue weighted by Gasteiger charge is 2.18. The molecule has 5 heteroatoms. The van der Waals surface area contributed by atoms with E-state index in [-0.39, 0.29) is 12.3 Å². The molecule has 2 rings (SSSR count). The van der Waals surface area contributed by atoms with Crippen molar-refractivity contribution in [2.45, 2.75) is 6.42 Å². The molecule has 0 fully saturated rings. The average molecular weight is 300 g/mol. The van der Waals surface area contributed by atoms with Gasteiger partial charge in [-0.25, -0.2) is 0 Å². The molecule has 0 atom stereocenters. The van der Waals surface area contributed by atoms with Gasteiger partial charge in [0.05, 0.1) is 23.2 Å². The first kappa shape index (κ1) is 14.9. The molecule has 4 nitrogen and oxygen atoms in total. The van der Waals surface area contributed by atoms with Gasteiger partial charge in [0.2, 0.25) is 0 Å². The van der Waals surface area contributed by atoms with E-state index in [1.807, 2.05) is 30.3 Å². The van der Waals surface area contributed by atoms with Crippen molar-refractivity contribution in [1.82, 2.24) is 0 Å². The number of nitrogen functional groups attached to an aromatic ring is 1. The second kappa shape index (κ2) is 6.78. The summed E-state index contributed by atoms with van der Waals surface area (Å²) in [6, 6.07) is 16.0. The lowest BCUT2D eigenvalue weighted by Gasteiger charge is -2.22. The molecule has 0 bridgehead atoms. The molecule has 0 aliphatic heterocycles. The molecule has 2 N–H and O–H groups in total. The number of amides is 1. The standard InChI is InChI=1S/C16H14ClN3O/c17-14-11-12(7-8-15(14)19)16(21)20(10-4-9-18)13-5-2-1-3-6-13/h1-3,5-8,11H,4,10,19H2. The molecule has 0 radical (unpaired) electrons. The van der Waals surface area contributed by atoms with E-state index < -0.39 is 0 Å². The van der Waals surface area contributed by atoms with Gasteiger partial charge < -0.3 is 10.6 Å². The Morgan fingerprint density at radius 2 is 1.95 bits per heavy atom. The number of nitrogens with zero attached hydrogens (tertiary/aromatic N) is 2. The Morgan fingerprint density at radius 3 is 2.57 bits per heavy atom. The molecule has 0 saturated heterocycles. The van der Waals surface area contributed by atoms with Crippen LogP contribution in [0, 0.1) is 11.3 Å². The van der Waals surface area contributed by atoms with Crippen molar-refractivity contribution in [3.63, 3.8) is 0 Å². The van der Waals surface area contributed by atoms with Crippen molar-refractivity contribution in [1.29, 1.82) is 5.26 Å². The highest BCUT2D eigenvalue weighted by Crippen LogP contribution is 2.23. The Morgan fingerprint density at radius 1 is 1.24 bits per heavy atom. The lowest BCUT2D eigenvalue weighted by Crippen LogP contribution is -2.31. The van der Waals surface area contributed by atoms with Crippen LogP contribution in [0.25, 0.3) is 0 Å². The van der Waals surface area contributed by atoms with Gasteiger partial charge in [0.15, 0.2) is 0 Å². The Balaban J connectivity index is 2.34. The van der Waals surface area contributed by atoms with E-state index in [2.05, 4.69) is 6.07 Å². The summed E-state index contributed by atoms with van der Waals surface area (Å²) in [5.41, 5.74) is 7.27. The van der Waals surface area contributed by atoms with Crippen LogP contribution in [0.15, 0.2) is 48.5 Å². The number of anilines is 2. The maximum Gasteiger partial charge on any atom is 0.258 e. The fraction of sp³-hybridized carbons (Fsp3) is 0.125. The van der Waals surface area contributed by atoms with Gasteiger partial charge in [-0.3, -0.25) is 4.79 Å². The fourth-order valence-corrected chi connectivity index (χ4v) is 2.11. The predicted octanol–water partition coefficient (Wildman–Crippen LogP) is 3.48. The van der Waals surface area contributed by atoms with E-state index in [4.69, 9.17) is 22.6 Å². The number of carbonyl (C=O) groups excluding carboxylic acids is 1. The smallest absolute Gasteiger partial charge is 0.258 e. The first-order chi connectivity index (χ1) is 10.1. The number of para-hydroxylation sites is 1. The van der Waals surface area contributed by atoms with Gasteiger partial charge in [-0.15, -0.1) is 0 Å². The van der Waals surface area contributed by atoms with Crippen LogP contribution in [-0.2, 0) is 0 Å². The Hall–Kier alpha value is -2.51. The zero-order chi connectivity index (χ0) is 15.2. The van der Waals surface area contributed by atoms with Crippen LogP contribution in [-0.4, -0.2) is 12.5 Å². The molecule has 106 valence electrons. The molecule has 0 saturated carbocycles. The van der Waals surface area contributed by atoms with Gasteiger partial charge in [-0.2, -0.15) is 5.26 Å². The zero-order valence-electron chi connectivity index (χ0n) is 11.3. The van der Waals surface area contributed by atoms with E-state index >= 15 is 0 Å². The zero-order valence-corrected chi connectivity index (χ0v) is 12.0. The third kappa shape index (κ3) is 3.53. The molecule has 2 aromatic rings. The van der Waals surface area contributed by atoms with Crippen molar-refractivity contribution < 1.29 is 4.79 Å². The number of halogens is 1. The third-order valence-corrected chi connectivity index (χ3v) is 3.33. The maximum absolute atomic E-state index is 12.6. The van der Waals surface area contributed by atoms with Crippen LogP contribution in [0.2, 0.25) is 5.02 Å². The number of nitrogens with two attached hydrogens (primary N) is 1. The van der Waals surface area contributed by atoms with E-state index in [1.165, 1.54) is 0 Å². The lowest BCUT2D eigenvalue weighted by molar-refractivity contribution is 0.0987. The summed E-state index contributed by atoms with van der Waals surface area (Å²) < 4.78 is 0. The first-order valence-corrected chi connectivity index (χ1v) is 6.80. The minimum Gasteiger partial charge on any atom is -0.398 e. The fourth-order valence-electron chi connectivity index (χ4n) is 1.93. The molecular weight excluding hydrogens is 286 g/mol. The summed E-state index contributed by atoms with van der Waals surface area (Å²) in [6.45, 7) is 0.321. The molecule has 21 heavy (non-hydrogen) atoms. The van der Waals surface area contributed by atoms with Crippen molar-refractivity contribution in [3.05, 3.63) is 59.1 Å². The summed E-state index contributed by atoms with van der Waals surface area (Å²) in [5.74, 6) is -0.210. The van der Waals surface area contributed by atoms with Gasteiger partial charge in [0, 0.05) is 17.8 Å². The minimum atomic E-state index is -0.210. The largest absolute Gasteiger partial charge is 0.398 e. The molecule has 1 amide bonds. The molecule has 2 aromatic carbocycles. The van der Waals surface area contributed by atoms with Gasteiger partial charge in [0.1, 0.15) is 0 Å². The van der Waals surface area contributed by atoms with Gasteiger partial charge in [0.25, 0.3) is 5.91 Å². The minimum absolute atomic E-state index is 0.210. The van der Waals surface area contributed by atoms with Crippen molar-refractivity contribution in [2.24, 2.45) is 0 Å². The van der Waals surface area contributed by atoms with Gasteiger partial charge >= 0.3 is 0 Å². The van der Waals surface area contributed by atoms with Crippen LogP contribution in [0.3, 0.4) is 0 Å². The second-order valence-corrected chi connectivity index (χ2v) is 4.84. The predicted molar refractivity (Wildman–Crippen MR) is 84.2 cm³/mol. The number of rotatable bonds is 4. The number of hydrogen-bond donors (Lipinski definition) is 1. The number of hydrogen-bond acceptors (Lipinski definition) is 3. The molecule has 0 aliphatic rings. The van der Waals surface area contributed by atoms with Gasteiger partial charge in [-0.05, 0) is 30.3 Å². The van der Waals surface area contributed by atoms with Crippen molar-refractivity contribution >= 4 is 28.9 Å². The molecule has 0 unspecified atom stereocenters. The van der Waals surface area contributed by atoms with Crippen molar-refractivity contribution in [3.8, 4) is 6.07 Å². The van der Waals surface area contributed by atoms with Crippen LogP contribution >= 0.6 is 11.6 Å². The molecule has 0 spiro atoms. The normalized spacial score (nSPS) is 9.90. The topological polar surface area (TPSA) is 70.1 Å². The number of nitriles is 1. The summed E-state index contributed by atoms with van der Waals surface area (Å²) in [4.78, 5) is 14.2. The van der Waals surface area contributed by atoms with Crippen LogP contribution in [0.1, 0.15) is 16.8 Å². The molecular formula is C16H14ClN3O. The van der Waals surface area contributed by atoms with Crippen LogP contribution < -0.4 is 10.6 Å². The Labute approximate surface area is 128 Å². The summed E-state index contributed by atoms with van der Waals surface area (Å²) in [6.07, 6.45) is 0.253. The van der Waals surface area contributed by atoms with E-state index in [0.29, 0.717) is 22.8 Å². The van der Waals surface area contributed by atoms with E-state index in [1.54, 1.807) is 23.1 Å². The highest BCUT2D eigenvalue weighted by atomic mass is 35.5. The van der Waals surface area contributed by atoms with Crippen LogP contribution in [0.4, 0.5) is 11.4 Å². The van der Waals surface area contributed by atoms with E-state index in [0.717, 1.165) is 5.69 Å². The number of benzene rings is 2. The van der Waals surface area contributed by atoms with Gasteiger partial charge in [-0.1, -0.05) is 29.8 Å². The quantitative estimate of drug-likeness (QED) is 0.879.